The van der Waals surface area contributed by atoms with Crippen LogP contribution in [0.1, 0.15) is 29.0 Å². The predicted molar refractivity (Wildman–Crippen MR) is 153 cm³/mol. The van der Waals surface area contributed by atoms with E-state index in [0.29, 0.717) is 18.5 Å². The Morgan fingerprint density at radius 2 is 1.51 bits per heavy atom. The lowest BCUT2D eigenvalue weighted by atomic mass is 9.84. The first kappa shape index (κ1) is 29.6. The van der Waals surface area contributed by atoms with Crippen LogP contribution < -0.4 is 10.6 Å². The lowest BCUT2D eigenvalue weighted by molar-refractivity contribution is -0.118. The molecule has 10 nitrogen and oxygen atoms in total. The number of benzene rings is 3. The molecule has 10 heteroatoms. The Balaban J connectivity index is 1.57. The van der Waals surface area contributed by atoms with Gasteiger partial charge < -0.3 is 35.2 Å². The highest BCUT2D eigenvalue weighted by Crippen LogP contribution is 2.30. The normalized spacial score (nSPS) is 17.5. The second kappa shape index (κ2) is 14.3. The fraction of sp³-hybridized carbons (Fsp3) is 0.323. The van der Waals surface area contributed by atoms with E-state index in [4.69, 9.17) is 9.47 Å². The lowest BCUT2D eigenvalue weighted by Gasteiger charge is -2.36. The van der Waals surface area contributed by atoms with Crippen molar-refractivity contribution in [2.24, 2.45) is 0 Å². The number of alkyl carbamates (subject to hydrolysis) is 1. The molecular formula is C31H35N3O7. The molecule has 3 aromatic carbocycles. The Labute approximate surface area is 238 Å². The lowest BCUT2D eigenvalue weighted by Crippen LogP contribution is -2.50. The summed E-state index contributed by atoms with van der Waals surface area (Å²) in [6.07, 6.45) is -1.81. The topological polar surface area (TPSA) is 137 Å². The number of anilines is 1. The van der Waals surface area contributed by atoms with Gasteiger partial charge in [0.25, 0.3) is 0 Å². The number of hydrogen-bond acceptors (Lipinski definition) is 6. The van der Waals surface area contributed by atoms with Crippen LogP contribution in [0.3, 0.4) is 0 Å². The molecule has 3 aromatic rings. The summed E-state index contributed by atoms with van der Waals surface area (Å²) in [5, 5.41) is 24.7. The number of carboxylic acid groups (broad SMARTS) is 1. The third-order valence-corrected chi connectivity index (χ3v) is 7.11. The summed E-state index contributed by atoms with van der Waals surface area (Å²) in [4.78, 5) is 39.1. The zero-order valence-corrected chi connectivity index (χ0v) is 22.8. The van der Waals surface area contributed by atoms with E-state index < -0.39 is 42.3 Å². The van der Waals surface area contributed by atoms with E-state index >= 15 is 0 Å². The van der Waals surface area contributed by atoms with E-state index in [-0.39, 0.29) is 19.7 Å². The van der Waals surface area contributed by atoms with Crippen molar-refractivity contribution in [2.45, 2.75) is 37.0 Å². The van der Waals surface area contributed by atoms with E-state index in [9.17, 15) is 24.6 Å². The molecule has 0 radical (unpaired) electrons. The van der Waals surface area contributed by atoms with Crippen LogP contribution in [0.15, 0.2) is 84.9 Å². The number of carbonyl (C=O) groups excluding carboxylic acids is 2. The molecule has 1 unspecified atom stereocenters. The van der Waals surface area contributed by atoms with Gasteiger partial charge in [0.15, 0.2) is 0 Å². The van der Waals surface area contributed by atoms with Crippen LogP contribution in [0, 0.1) is 0 Å². The van der Waals surface area contributed by atoms with Gasteiger partial charge in [0, 0.05) is 11.6 Å². The second-order valence-electron chi connectivity index (χ2n) is 9.85. The first-order chi connectivity index (χ1) is 19.9. The van der Waals surface area contributed by atoms with Crippen LogP contribution in [0.2, 0.25) is 0 Å². The molecule has 4 rings (SSSR count). The van der Waals surface area contributed by atoms with Crippen molar-refractivity contribution < 1.29 is 34.1 Å². The van der Waals surface area contributed by atoms with Gasteiger partial charge in [0.1, 0.15) is 6.04 Å². The summed E-state index contributed by atoms with van der Waals surface area (Å²) >= 11 is 0. The number of amides is 3. The molecule has 1 aliphatic rings. The van der Waals surface area contributed by atoms with Gasteiger partial charge in [0.05, 0.1) is 39.0 Å². The van der Waals surface area contributed by atoms with Crippen LogP contribution in [-0.4, -0.2) is 78.3 Å². The number of nitrogens with zero attached hydrogens (tertiary/aromatic N) is 1. The molecule has 3 atom stereocenters. The fourth-order valence-electron chi connectivity index (χ4n) is 5.11. The largest absolute Gasteiger partial charge is 0.465 e. The summed E-state index contributed by atoms with van der Waals surface area (Å²) in [6.45, 7) is 0.0420. The van der Waals surface area contributed by atoms with E-state index in [1.807, 2.05) is 72.8 Å². The molecule has 3 amide bonds. The minimum Gasteiger partial charge on any atom is -0.465 e. The molecule has 0 aliphatic carbocycles. The Morgan fingerprint density at radius 1 is 0.927 bits per heavy atom. The maximum absolute atomic E-state index is 13.9. The SMILES string of the molecule is COC(=O)NC(C(=O)Nc1ccccc1CC[C@@H]1CN(C(=O)O)C[C@@H](CO)O1)C(c1ccccc1)c1ccccc1. The summed E-state index contributed by atoms with van der Waals surface area (Å²) in [7, 11) is 1.25. The van der Waals surface area contributed by atoms with Crippen LogP contribution in [0.5, 0.6) is 0 Å². The summed E-state index contributed by atoms with van der Waals surface area (Å²) < 4.78 is 10.7. The average molecular weight is 562 g/mol. The monoisotopic (exact) mass is 561 g/mol. The first-order valence-corrected chi connectivity index (χ1v) is 13.5. The maximum Gasteiger partial charge on any atom is 0.407 e. The molecule has 0 aromatic heterocycles. The van der Waals surface area contributed by atoms with Gasteiger partial charge >= 0.3 is 12.2 Å². The van der Waals surface area contributed by atoms with Gasteiger partial charge in [-0.1, -0.05) is 78.9 Å². The number of carbonyl (C=O) groups is 3. The predicted octanol–water partition coefficient (Wildman–Crippen LogP) is 3.85. The third-order valence-electron chi connectivity index (χ3n) is 7.11. The Kier molecular flexibility index (Phi) is 10.3. The molecule has 1 heterocycles. The smallest absolute Gasteiger partial charge is 0.407 e. The fourth-order valence-corrected chi connectivity index (χ4v) is 5.11. The number of morpholine rings is 1. The number of hydrogen-bond donors (Lipinski definition) is 4. The van der Waals surface area contributed by atoms with Crippen LogP contribution in [-0.2, 0) is 20.7 Å². The van der Waals surface area contributed by atoms with Gasteiger partial charge in [-0.2, -0.15) is 0 Å². The molecule has 0 bridgehead atoms. The van der Waals surface area contributed by atoms with E-state index in [2.05, 4.69) is 10.6 Å². The third kappa shape index (κ3) is 7.84. The summed E-state index contributed by atoms with van der Waals surface area (Å²) in [6, 6.07) is 25.3. The maximum atomic E-state index is 13.9. The average Bonchev–Trinajstić information content (AvgIpc) is 3.01. The molecule has 0 saturated carbocycles. The highest BCUT2D eigenvalue weighted by molar-refractivity contribution is 5.98. The standard InChI is InChI=1S/C31H35N3O7/c1-40-30(37)33-28(27(22-11-4-2-5-12-22)23-13-6-3-7-14-23)29(36)32-26-15-9-8-10-21(26)16-17-24-18-34(31(38)39)19-25(20-35)41-24/h2-15,24-25,27-28,35H,16-20H2,1H3,(H,32,36)(H,33,37)(H,38,39)/t24-,25+,28?/m1/s1. The van der Waals surface area contributed by atoms with Gasteiger partial charge in [-0.15, -0.1) is 0 Å². The minimum absolute atomic E-state index is 0.119. The number of nitrogens with one attached hydrogen (secondary N) is 2. The van der Waals surface area contributed by atoms with E-state index in [1.165, 1.54) is 12.0 Å². The molecule has 1 saturated heterocycles. The van der Waals surface area contributed by atoms with E-state index in [1.54, 1.807) is 12.1 Å². The number of para-hydroxylation sites is 1. The number of aliphatic hydroxyl groups excluding tert-OH is 1. The zero-order valence-electron chi connectivity index (χ0n) is 22.8. The molecule has 1 aliphatic heterocycles. The van der Waals surface area contributed by atoms with Crippen molar-refractivity contribution in [3.8, 4) is 0 Å². The second-order valence-corrected chi connectivity index (χ2v) is 9.85. The highest BCUT2D eigenvalue weighted by Gasteiger charge is 2.34. The number of aliphatic hydroxyl groups is 1. The van der Waals surface area contributed by atoms with Crippen molar-refractivity contribution >= 4 is 23.8 Å². The van der Waals surface area contributed by atoms with Crippen molar-refractivity contribution in [2.75, 3.05) is 32.1 Å². The van der Waals surface area contributed by atoms with Crippen LogP contribution in [0.4, 0.5) is 15.3 Å². The van der Waals surface area contributed by atoms with Crippen molar-refractivity contribution in [3.05, 3.63) is 102 Å². The van der Waals surface area contributed by atoms with Crippen LogP contribution >= 0.6 is 0 Å². The van der Waals surface area contributed by atoms with Crippen molar-refractivity contribution in [1.82, 2.24) is 10.2 Å². The van der Waals surface area contributed by atoms with E-state index in [0.717, 1.165) is 16.7 Å². The number of ether oxygens (including phenoxy) is 2. The zero-order chi connectivity index (χ0) is 29.2. The molecule has 1 fully saturated rings. The minimum atomic E-state index is -1.06. The van der Waals surface area contributed by atoms with Gasteiger partial charge in [-0.3, -0.25) is 4.79 Å². The number of rotatable bonds is 10. The first-order valence-electron chi connectivity index (χ1n) is 13.5. The Hall–Kier alpha value is -4.41. The Bertz CT molecular complexity index is 1270. The van der Waals surface area contributed by atoms with Crippen molar-refractivity contribution in [3.63, 3.8) is 0 Å². The van der Waals surface area contributed by atoms with Crippen molar-refractivity contribution in [1.29, 1.82) is 0 Å². The molecular weight excluding hydrogens is 526 g/mol. The highest BCUT2D eigenvalue weighted by atomic mass is 16.5. The number of methoxy groups -OCH3 is 1. The summed E-state index contributed by atoms with van der Waals surface area (Å²) in [5.74, 6) is -0.927. The molecule has 216 valence electrons. The quantitative estimate of drug-likeness (QED) is 0.295. The Morgan fingerprint density at radius 3 is 2.10 bits per heavy atom. The molecule has 41 heavy (non-hydrogen) atoms. The van der Waals surface area contributed by atoms with Crippen LogP contribution in [0.25, 0.3) is 0 Å². The summed E-state index contributed by atoms with van der Waals surface area (Å²) in [5.41, 5.74) is 3.09. The van der Waals surface area contributed by atoms with Gasteiger partial charge in [-0.05, 0) is 35.6 Å². The number of aryl methyl sites for hydroxylation is 1. The van der Waals surface area contributed by atoms with Gasteiger partial charge in [0.2, 0.25) is 5.91 Å². The molecule has 0 spiro atoms. The van der Waals surface area contributed by atoms with Gasteiger partial charge in [-0.25, -0.2) is 9.59 Å². The molecule has 4 N–H and O–H groups in total.